The van der Waals surface area contributed by atoms with Crippen molar-refractivity contribution in [3.05, 3.63) is 0 Å². The molecule has 1 aliphatic rings. The molecule has 1 N–H and O–H groups in total. The van der Waals surface area contributed by atoms with Crippen LogP contribution in [0.3, 0.4) is 0 Å². The molecule has 2 unspecified atom stereocenters. The molecule has 0 aromatic rings. The van der Waals surface area contributed by atoms with Crippen molar-refractivity contribution in [3.63, 3.8) is 0 Å². The number of hydrogen-bond acceptors (Lipinski definition) is 1. The maximum Gasteiger partial charge on any atom is 0.253 e. The van der Waals surface area contributed by atoms with E-state index in [0.29, 0.717) is 0 Å². The summed E-state index contributed by atoms with van der Waals surface area (Å²) in [6.07, 6.45) is 2.37. The standard InChI is InChI=1S/C10H19F2N/c1-3-9(6-8-4-5-8)13-7(2)10(11)12/h7-10,13H,3-6H2,1-2H3. The van der Waals surface area contributed by atoms with Crippen LogP contribution in [0, 0.1) is 5.92 Å². The van der Waals surface area contributed by atoms with Crippen molar-refractivity contribution in [2.24, 2.45) is 5.92 Å². The van der Waals surface area contributed by atoms with Gasteiger partial charge in [0.2, 0.25) is 0 Å². The Labute approximate surface area is 78.9 Å². The lowest BCUT2D eigenvalue weighted by atomic mass is 10.1. The van der Waals surface area contributed by atoms with Gasteiger partial charge in [0.25, 0.3) is 6.43 Å². The summed E-state index contributed by atoms with van der Waals surface area (Å²) < 4.78 is 24.4. The fourth-order valence-corrected chi connectivity index (χ4v) is 1.55. The summed E-state index contributed by atoms with van der Waals surface area (Å²) in [6.45, 7) is 3.61. The smallest absolute Gasteiger partial charge is 0.253 e. The molecule has 2 atom stereocenters. The summed E-state index contributed by atoms with van der Waals surface area (Å²) in [7, 11) is 0. The minimum absolute atomic E-state index is 0.288. The summed E-state index contributed by atoms with van der Waals surface area (Å²) in [6, 6.07) is -0.375. The van der Waals surface area contributed by atoms with E-state index in [1.807, 2.05) is 0 Å². The third-order valence-electron chi connectivity index (χ3n) is 2.68. The molecule has 0 bridgehead atoms. The molecule has 3 heteroatoms. The molecule has 1 saturated carbocycles. The van der Waals surface area contributed by atoms with Gasteiger partial charge in [-0.25, -0.2) is 8.78 Å². The van der Waals surface area contributed by atoms with Crippen LogP contribution < -0.4 is 5.32 Å². The van der Waals surface area contributed by atoms with Crippen LogP contribution in [0.4, 0.5) is 8.78 Å². The maximum atomic E-state index is 12.2. The monoisotopic (exact) mass is 191 g/mol. The van der Waals surface area contributed by atoms with Gasteiger partial charge in [-0.2, -0.15) is 0 Å². The second-order valence-corrected chi connectivity index (χ2v) is 4.07. The topological polar surface area (TPSA) is 12.0 Å². The first-order valence-corrected chi connectivity index (χ1v) is 5.17. The van der Waals surface area contributed by atoms with Gasteiger partial charge in [-0.15, -0.1) is 0 Å². The van der Waals surface area contributed by atoms with Crippen LogP contribution in [0.15, 0.2) is 0 Å². The quantitative estimate of drug-likeness (QED) is 0.680. The molecule has 13 heavy (non-hydrogen) atoms. The fourth-order valence-electron chi connectivity index (χ4n) is 1.55. The first-order chi connectivity index (χ1) is 6.13. The Bertz CT molecular complexity index is 146. The molecule has 1 fully saturated rings. The van der Waals surface area contributed by atoms with Gasteiger partial charge in [0.15, 0.2) is 0 Å². The van der Waals surface area contributed by atoms with Gasteiger partial charge in [-0.3, -0.25) is 0 Å². The molecular weight excluding hydrogens is 172 g/mol. The summed E-state index contributed by atoms with van der Waals surface area (Å²) in [5.41, 5.74) is 0. The molecule has 1 nitrogen and oxygen atoms in total. The molecule has 0 aromatic carbocycles. The summed E-state index contributed by atoms with van der Waals surface area (Å²) in [5, 5.41) is 2.99. The van der Waals surface area contributed by atoms with Crippen LogP contribution in [0.1, 0.15) is 39.5 Å². The Morgan fingerprint density at radius 3 is 2.38 bits per heavy atom. The van der Waals surface area contributed by atoms with Crippen molar-refractivity contribution in [1.82, 2.24) is 5.32 Å². The van der Waals surface area contributed by atoms with Crippen molar-refractivity contribution in [3.8, 4) is 0 Å². The molecule has 0 aromatic heterocycles. The van der Waals surface area contributed by atoms with Crippen molar-refractivity contribution in [1.29, 1.82) is 0 Å². The Kier molecular flexibility index (Phi) is 4.10. The van der Waals surface area contributed by atoms with Gasteiger partial charge in [-0.05, 0) is 25.7 Å². The molecule has 0 saturated heterocycles. The van der Waals surface area contributed by atoms with Gasteiger partial charge in [0.1, 0.15) is 0 Å². The third kappa shape index (κ3) is 4.03. The van der Waals surface area contributed by atoms with E-state index in [2.05, 4.69) is 12.2 Å². The highest BCUT2D eigenvalue weighted by Crippen LogP contribution is 2.34. The second kappa shape index (κ2) is 4.89. The van der Waals surface area contributed by atoms with Crippen LogP contribution in [-0.2, 0) is 0 Å². The zero-order valence-corrected chi connectivity index (χ0v) is 8.39. The Hall–Kier alpha value is -0.180. The van der Waals surface area contributed by atoms with Gasteiger partial charge < -0.3 is 5.32 Å². The molecule has 0 amide bonds. The SMILES string of the molecule is CCC(CC1CC1)NC(C)C(F)F. The van der Waals surface area contributed by atoms with E-state index in [1.54, 1.807) is 6.92 Å². The van der Waals surface area contributed by atoms with E-state index in [9.17, 15) is 8.78 Å². The fraction of sp³-hybridized carbons (Fsp3) is 1.00. The summed E-state index contributed by atoms with van der Waals surface area (Å²) in [4.78, 5) is 0. The van der Waals surface area contributed by atoms with Gasteiger partial charge in [0.05, 0.1) is 6.04 Å². The van der Waals surface area contributed by atoms with E-state index in [4.69, 9.17) is 0 Å². The average Bonchev–Trinajstić information content (AvgIpc) is 2.86. The second-order valence-electron chi connectivity index (χ2n) is 4.07. The lowest BCUT2D eigenvalue weighted by Crippen LogP contribution is -2.40. The first kappa shape index (κ1) is 10.9. The lowest BCUT2D eigenvalue weighted by Gasteiger charge is -2.21. The number of nitrogens with one attached hydrogen (secondary N) is 1. The maximum absolute atomic E-state index is 12.2. The van der Waals surface area contributed by atoms with Crippen LogP contribution >= 0.6 is 0 Å². The average molecular weight is 191 g/mol. The summed E-state index contributed by atoms with van der Waals surface area (Å²) >= 11 is 0. The zero-order chi connectivity index (χ0) is 9.84. The van der Waals surface area contributed by atoms with E-state index >= 15 is 0 Å². The largest absolute Gasteiger partial charge is 0.306 e. The van der Waals surface area contributed by atoms with Crippen molar-refractivity contribution in [2.75, 3.05) is 0 Å². The molecular formula is C10H19F2N. The van der Waals surface area contributed by atoms with Crippen LogP contribution in [0.25, 0.3) is 0 Å². The van der Waals surface area contributed by atoms with Gasteiger partial charge >= 0.3 is 0 Å². The first-order valence-electron chi connectivity index (χ1n) is 5.17. The predicted octanol–water partition coefficient (Wildman–Crippen LogP) is 2.81. The van der Waals surface area contributed by atoms with E-state index in [0.717, 1.165) is 18.8 Å². The number of halogens is 2. The highest BCUT2D eigenvalue weighted by atomic mass is 19.3. The molecule has 0 aliphatic heterocycles. The molecule has 1 rings (SSSR count). The van der Waals surface area contributed by atoms with Crippen molar-refractivity contribution >= 4 is 0 Å². The molecule has 0 radical (unpaired) electrons. The molecule has 0 spiro atoms. The van der Waals surface area contributed by atoms with E-state index in [1.165, 1.54) is 12.8 Å². The highest BCUT2D eigenvalue weighted by molar-refractivity contribution is 4.81. The van der Waals surface area contributed by atoms with Gasteiger partial charge in [-0.1, -0.05) is 19.8 Å². The minimum atomic E-state index is -2.24. The normalized spacial score (nSPS) is 21.9. The summed E-state index contributed by atoms with van der Waals surface area (Å²) in [5.74, 6) is 0.808. The zero-order valence-electron chi connectivity index (χ0n) is 8.39. The van der Waals surface area contributed by atoms with Crippen LogP contribution in [-0.4, -0.2) is 18.5 Å². The Balaban J connectivity index is 2.20. The molecule has 78 valence electrons. The molecule has 1 aliphatic carbocycles. The van der Waals surface area contributed by atoms with Crippen LogP contribution in [0.2, 0.25) is 0 Å². The van der Waals surface area contributed by atoms with Crippen LogP contribution in [0.5, 0.6) is 0 Å². The lowest BCUT2D eigenvalue weighted by molar-refractivity contribution is 0.0982. The van der Waals surface area contributed by atoms with Crippen molar-refractivity contribution in [2.45, 2.75) is 58.0 Å². The van der Waals surface area contributed by atoms with Crippen molar-refractivity contribution < 1.29 is 8.78 Å². The Morgan fingerprint density at radius 2 is 2.00 bits per heavy atom. The third-order valence-corrected chi connectivity index (χ3v) is 2.68. The Morgan fingerprint density at radius 1 is 1.38 bits per heavy atom. The number of hydrogen-bond donors (Lipinski definition) is 1. The van der Waals surface area contributed by atoms with E-state index < -0.39 is 12.5 Å². The predicted molar refractivity (Wildman–Crippen MR) is 50.0 cm³/mol. The van der Waals surface area contributed by atoms with E-state index in [-0.39, 0.29) is 6.04 Å². The number of rotatable bonds is 6. The minimum Gasteiger partial charge on any atom is -0.306 e. The van der Waals surface area contributed by atoms with Gasteiger partial charge in [0, 0.05) is 6.04 Å². The number of alkyl halides is 2. The molecule has 0 heterocycles. The highest BCUT2D eigenvalue weighted by Gasteiger charge is 2.26.